The lowest BCUT2D eigenvalue weighted by molar-refractivity contribution is 0.0376. The molecule has 3 rings (SSSR count). The Morgan fingerprint density at radius 1 is 1.21 bits per heavy atom. The Labute approximate surface area is 191 Å². The van der Waals surface area contributed by atoms with Crippen LogP contribution in [0.5, 0.6) is 0 Å². The molecule has 2 aliphatic heterocycles. The summed E-state index contributed by atoms with van der Waals surface area (Å²) in [6.45, 7) is 11.1. The number of nitrogens with zero attached hydrogens (tertiary/aromatic N) is 5. The third kappa shape index (κ3) is 8.73. The lowest BCUT2D eigenvalue weighted by Gasteiger charge is -2.26. The highest BCUT2D eigenvalue weighted by Gasteiger charge is 2.15. The summed E-state index contributed by atoms with van der Waals surface area (Å²) in [5.74, 6) is 1.88. The second kappa shape index (κ2) is 14.1. The highest BCUT2D eigenvalue weighted by Crippen LogP contribution is 2.11. The van der Waals surface area contributed by atoms with E-state index >= 15 is 0 Å². The molecule has 1 aromatic heterocycles. The van der Waals surface area contributed by atoms with Crippen molar-refractivity contribution in [1.82, 2.24) is 30.3 Å². The van der Waals surface area contributed by atoms with Gasteiger partial charge in [0.15, 0.2) is 5.96 Å². The Hall–Kier alpha value is -0.980. The lowest BCUT2D eigenvalue weighted by atomic mass is 10.2. The van der Waals surface area contributed by atoms with Crippen LogP contribution in [0.25, 0.3) is 0 Å². The fourth-order valence-electron chi connectivity index (χ4n) is 3.52. The number of aliphatic imine (C=N–C) groups is 1. The van der Waals surface area contributed by atoms with Crippen LogP contribution in [-0.4, -0.2) is 90.8 Å². The summed E-state index contributed by atoms with van der Waals surface area (Å²) in [6.07, 6.45) is 6.28. The second-order valence-corrected chi connectivity index (χ2v) is 7.28. The van der Waals surface area contributed by atoms with E-state index in [1.165, 1.54) is 0 Å². The average Bonchev–Trinajstić information content (AvgIpc) is 3.41. The highest BCUT2D eigenvalue weighted by atomic mass is 127. The van der Waals surface area contributed by atoms with E-state index in [-0.39, 0.29) is 30.1 Å². The molecule has 0 aliphatic carbocycles. The molecule has 29 heavy (non-hydrogen) atoms. The zero-order valence-corrected chi connectivity index (χ0v) is 19.8. The number of aromatic nitrogens is 3. The largest absolute Gasteiger partial charge is 0.379 e. The fraction of sp³-hybridized carbons (Fsp3) is 0.842. The molecule has 2 saturated heterocycles. The van der Waals surface area contributed by atoms with E-state index in [2.05, 4.69) is 37.2 Å². The Balaban J connectivity index is 0.00000300. The van der Waals surface area contributed by atoms with Gasteiger partial charge in [-0.1, -0.05) is 6.92 Å². The molecule has 0 saturated carbocycles. The van der Waals surface area contributed by atoms with Gasteiger partial charge in [-0.15, -0.1) is 34.2 Å². The van der Waals surface area contributed by atoms with Crippen molar-refractivity contribution in [2.75, 3.05) is 59.1 Å². The first-order valence-electron chi connectivity index (χ1n) is 10.7. The van der Waals surface area contributed by atoms with Crippen molar-refractivity contribution in [2.45, 2.75) is 45.3 Å². The van der Waals surface area contributed by atoms with E-state index in [1.807, 2.05) is 0 Å². The quantitative estimate of drug-likeness (QED) is 0.205. The standard InChI is InChI=1S/C19H35N7O2.HI/c1-2-18-24-23-16-26(18)9-7-21-19(22-15-17-5-3-12-28-17)20-6-4-8-25-10-13-27-14-11-25;/h16-17H,2-15H2,1H3,(H2,20,21,22);1H. The molecule has 10 heteroatoms. The Bertz CT molecular complexity index is 587. The van der Waals surface area contributed by atoms with Gasteiger partial charge in [0.1, 0.15) is 12.2 Å². The van der Waals surface area contributed by atoms with Crippen molar-refractivity contribution in [2.24, 2.45) is 4.99 Å². The number of aryl methyl sites for hydroxylation is 1. The first-order chi connectivity index (χ1) is 13.8. The van der Waals surface area contributed by atoms with E-state index in [4.69, 9.17) is 14.5 Å². The number of morpholine rings is 1. The highest BCUT2D eigenvalue weighted by molar-refractivity contribution is 14.0. The molecule has 2 N–H and O–H groups in total. The third-order valence-electron chi connectivity index (χ3n) is 5.18. The van der Waals surface area contributed by atoms with Crippen molar-refractivity contribution in [1.29, 1.82) is 0 Å². The number of nitrogens with one attached hydrogen (secondary N) is 2. The summed E-state index contributed by atoms with van der Waals surface area (Å²) in [4.78, 5) is 7.21. The molecule has 0 spiro atoms. The molecule has 1 aromatic rings. The number of ether oxygens (including phenoxy) is 2. The summed E-state index contributed by atoms with van der Waals surface area (Å²) in [5.41, 5.74) is 0. The average molecular weight is 521 g/mol. The molecule has 2 fully saturated rings. The van der Waals surface area contributed by atoms with Crippen molar-refractivity contribution in [3.05, 3.63) is 12.2 Å². The van der Waals surface area contributed by atoms with Crippen LogP contribution in [-0.2, 0) is 22.4 Å². The van der Waals surface area contributed by atoms with Crippen LogP contribution in [0.3, 0.4) is 0 Å². The van der Waals surface area contributed by atoms with Gasteiger partial charge >= 0.3 is 0 Å². The van der Waals surface area contributed by atoms with Crippen LogP contribution in [0.1, 0.15) is 32.0 Å². The van der Waals surface area contributed by atoms with Crippen LogP contribution >= 0.6 is 24.0 Å². The molecule has 1 unspecified atom stereocenters. The molecule has 0 amide bonds. The van der Waals surface area contributed by atoms with Gasteiger partial charge in [0.2, 0.25) is 0 Å². The number of hydrogen-bond donors (Lipinski definition) is 2. The van der Waals surface area contributed by atoms with Crippen LogP contribution in [0.15, 0.2) is 11.3 Å². The van der Waals surface area contributed by atoms with Crippen molar-refractivity contribution in [3.63, 3.8) is 0 Å². The van der Waals surface area contributed by atoms with E-state index in [0.717, 1.165) is 96.6 Å². The number of rotatable bonds is 10. The van der Waals surface area contributed by atoms with Gasteiger partial charge in [-0.05, 0) is 25.8 Å². The van der Waals surface area contributed by atoms with Gasteiger partial charge in [-0.3, -0.25) is 9.89 Å². The zero-order chi connectivity index (χ0) is 19.4. The molecule has 0 bridgehead atoms. The van der Waals surface area contributed by atoms with E-state index in [0.29, 0.717) is 6.54 Å². The maximum atomic E-state index is 5.70. The summed E-state index contributed by atoms with van der Waals surface area (Å²) < 4.78 is 13.2. The van der Waals surface area contributed by atoms with Crippen LogP contribution in [0.4, 0.5) is 0 Å². The van der Waals surface area contributed by atoms with Crippen LogP contribution in [0, 0.1) is 0 Å². The van der Waals surface area contributed by atoms with Crippen LogP contribution < -0.4 is 10.6 Å². The Morgan fingerprint density at radius 2 is 2.03 bits per heavy atom. The first-order valence-corrected chi connectivity index (χ1v) is 10.7. The van der Waals surface area contributed by atoms with Crippen molar-refractivity contribution < 1.29 is 9.47 Å². The van der Waals surface area contributed by atoms with Gasteiger partial charge < -0.3 is 24.7 Å². The minimum atomic E-state index is 0. The second-order valence-electron chi connectivity index (χ2n) is 7.28. The van der Waals surface area contributed by atoms with Gasteiger partial charge in [-0.2, -0.15) is 0 Å². The Morgan fingerprint density at radius 3 is 2.79 bits per heavy atom. The normalized spacial score (nSPS) is 20.4. The molecule has 166 valence electrons. The Kier molecular flexibility index (Phi) is 11.8. The predicted molar refractivity (Wildman–Crippen MR) is 124 cm³/mol. The van der Waals surface area contributed by atoms with Gasteiger partial charge in [0.25, 0.3) is 0 Å². The summed E-state index contributed by atoms with van der Waals surface area (Å²) in [7, 11) is 0. The summed E-state index contributed by atoms with van der Waals surface area (Å²) >= 11 is 0. The summed E-state index contributed by atoms with van der Waals surface area (Å²) in [6, 6.07) is 0. The van der Waals surface area contributed by atoms with E-state index in [9.17, 15) is 0 Å². The number of hydrogen-bond acceptors (Lipinski definition) is 6. The number of guanidine groups is 1. The SMILES string of the molecule is CCc1nncn1CCNC(=NCC1CCCO1)NCCCN1CCOCC1.I. The molecule has 0 aromatic carbocycles. The van der Waals surface area contributed by atoms with Gasteiger partial charge in [0, 0.05) is 45.8 Å². The minimum absolute atomic E-state index is 0. The molecule has 0 radical (unpaired) electrons. The summed E-state index contributed by atoms with van der Waals surface area (Å²) in [5, 5.41) is 15.1. The van der Waals surface area contributed by atoms with Gasteiger partial charge in [-0.25, -0.2) is 0 Å². The monoisotopic (exact) mass is 521 g/mol. The predicted octanol–water partition coefficient (Wildman–Crippen LogP) is 0.895. The van der Waals surface area contributed by atoms with Crippen molar-refractivity contribution >= 4 is 29.9 Å². The molecule has 2 aliphatic rings. The minimum Gasteiger partial charge on any atom is -0.379 e. The smallest absolute Gasteiger partial charge is 0.191 e. The molecule has 9 nitrogen and oxygen atoms in total. The molecule has 1 atom stereocenters. The van der Waals surface area contributed by atoms with E-state index in [1.54, 1.807) is 6.33 Å². The molecular weight excluding hydrogens is 485 g/mol. The maximum Gasteiger partial charge on any atom is 0.191 e. The van der Waals surface area contributed by atoms with Crippen LogP contribution in [0.2, 0.25) is 0 Å². The third-order valence-corrected chi connectivity index (χ3v) is 5.18. The maximum absolute atomic E-state index is 5.70. The molecular formula is C19H36IN7O2. The lowest BCUT2D eigenvalue weighted by Crippen LogP contribution is -2.42. The number of halogens is 1. The first kappa shape index (κ1) is 24.3. The molecule has 3 heterocycles. The fourth-order valence-corrected chi connectivity index (χ4v) is 3.52. The van der Waals surface area contributed by atoms with Crippen molar-refractivity contribution in [3.8, 4) is 0 Å². The van der Waals surface area contributed by atoms with E-state index < -0.39 is 0 Å². The zero-order valence-electron chi connectivity index (χ0n) is 17.5. The van der Waals surface area contributed by atoms with Gasteiger partial charge in [0.05, 0.1) is 25.9 Å². The topological polar surface area (TPSA) is 88.8 Å².